The van der Waals surface area contributed by atoms with Crippen LogP contribution in [0.4, 0.5) is 5.82 Å². The summed E-state index contributed by atoms with van der Waals surface area (Å²) in [4.78, 5) is 8.01. The van der Waals surface area contributed by atoms with Crippen LogP contribution in [0.5, 0.6) is 0 Å². The Morgan fingerprint density at radius 3 is 2.92 bits per heavy atom. The van der Waals surface area contributed by atoms with Crippen LogP contribution in [-0.4, -0.2) is 9.97 Å². The molecule has 0 aliphatic heterocycles. The summed E-state index contributed by atoms with van der Waals surface area (Å²) in [6, 6.07) is 2.00. The van der Waals surface area contributed by atoms with Crippen LogP contribution in [0.3, 0.4) is 0 Å². The van der Waals surface area contributed by atoms with E-state index < -0.39 is 0 Å². The normalized spacial score (nSPS) is 15.6. The van der Waals surface area contributed by atoms with Gasteiger partial charge >= 0.3 is 0 Å². The van der Waals surface area contributed by atoms with Crippen molar-refractivity contribution in [1.82, 2.24) is 9.97 Å². The molecule has 1 aromatic rings. The molecule has 0 radical (unpaired) electrons. The first-order chi connectivity index (χ1) is 5.81. The molecule has 2 rings (SSSR count). The van der Waals surface area contributed by atoms with Crippen LogP contribution < -0.4 is 5.73 Å². The monoisotopic (exact) mass is 160 g/mol. The van der Waals surface area contributed by atoms with Crippen molar-refractivity contribution >= 4 is 5.82 Å². The van der Waals surface area contributed by atoms with Crippen molar-refractivity contribution in [2.24, 2.45) is 0 Å². The average molecular weight is 160 g/mol. The molecule has 0 aromatic carbocycles. The lowest BCUT2D eigenvalue weighted by Crippen LogP contribution is -2.00. The van der Waals surface area contributed by atoms with Crippen LogP contribution in [0.2, 0.25) is 0 Å². The summed E-state index contributed by atoms with van der Waals surface area (Å²) in [5.41, 5.74) is 6.60. The highest BCUT2D eigenvalue weighted by atomic mass is 14.9. The summed E-state index contributed by atoms with van der Waals surface area (Å²) in [5, 5.41) is 8.71. The van der Waals surface area contributed by atoms with Gasteiger partial charge in [-0.15, -0.1) is 0 Å². The van der Waals surface area contributed by atoms with Crippen molar-refractivity contribution in [1.29, 1.82) is 5.26 Å². The molecule has 4 nitrogen and oxygen atoms in total. The van der Waals surface area contributed by atoms with Gasteiger partial charge in [-0.3, -0.25) is 4.98 Å². The van der Waals surface area contributed by atoms with Gasteiger partial charge in [0.1, 0.15) is 11.9 Å². The Hall–Kier alpha value is -1.63. The van der Waals surface area contributed by atoms with Gasteiger partial charge in [0.15, 0.2) is 5.69 Å². The van der Waals surface area contributed by atoms with Gasteiger partial charge in [0.25, 0.3) is 0 Å². The number of nitriles is 1. The maximum atomic E-state index is 8.71. The number of nitrogens with zero attached hydrogens (tertiary/aromatic N) is 3. The largest absolute Gasteiger partial charge is 0.382 e. The molecule has 0 bridgehead atoms. The Kier molecular flexibility index (Phi) is 1.44. The molecule has 2 N–H and O–H groups in total. The summed E-state index contributed by atoms with van der Waals surface area (Å²) in [6.45, 7) is 0. The maximum Gasteiger partial charge on any atom is 0.164 e. The van der Waals surface area contributed by atoms with E-state index in [1.807, 2.05) is 6.07 Å². The van der Waals surface area contributed by atoms with Crippen molar-refractivity contribution in [3.05, 3.63) is 17.6 Å². The quantitative estimate of drug-likeness (QED) is 0.659. The van der Waals surface area contributed by atoms with Gasteiger partial charge in [-0.25, -0.2) is 4.98 Å². The van der Waals surface area contributed by atoms with Crippen molar-refractivity contribution in [3.8, 4) is 6.07 Å². The number of hydrogen-bond acceptors (Lipinski definition) is 4. The van der Waals surface area contributed by atoms with Crippen molar-refractivity contribution in [2.75, 3.05) is 5.73 Å². The van der Waals surface area contributed by atoms with Gasteiger partial charge in [0.2, 0.25) is 0 Å². The molecule has 60 valence electrons. The van der Waals surface area contributed by atoms with Crippen molar-refractivity contribution in [3.63, 3.8) is 0 Å². The standard InChI is InChI=1S/C8H8N4/c9-3-6-8(5-1-2-5)11-4-7(10)12-6/h4-5H,1-2H2,(H2,10,12). The van der Waals surface area contributed by atoms with Gasteiger partial charge in [-0.2, -0.15) is 5.26 Å². The van der Waals surface area contributed by atoms with E-state index in [1.54, 1.807) is 0 Å². The first-order valence-corrected chi connectivity index (χ1v) is 3.84. The fraction of sp³-hybridized carbons (Fsp3) is 0.375. The van der Waals surface area contributed by atoms with E-state index in [0.29, 0.717) is 17.4 Å². The molecule has 0 unspecified atom stereocenters. The Morgan fingerprint density at radius 1 is 1.58 bits per heavy atom. The average Bonchev–Trinajstić information content (AvgIpc) is 2.87. The predicted octanol–water partition coefficient (Wildman–Crippen LogP) is 0.808. The molecular formula is C8H8N4. The van der Waals surface area contributed by atoms with Crippen molar-refractivity contribution in [2.45, 2.75) is 18.8 Å². The zero-order chi connectivity index (χ0) is 8.55. The second-order valence-electron chi connectivity index (χ2n) is 2.91. The minimum Gasteiger partial charge on any atom is -0.382 e. The molecule has 12 heavy (non-hydrogen) atoms. The number of hydrogen-bond donors (Lipinski definition) is 1. The van der Waals surface area contributed by atoms with Crippen LogP contribution in [0.1, 0.15) is 30.1 Å². The molecule has 1 saturated carbocycles. The van der Waals surface area contributed by atoms with E-state index in [0.717, 1.165) is 18.5 Å². The van der Waals surface area contributed by atoms with E-state index in [-0.39, 0.29) is 0 Å². The molecule has 0 spiro atoms. The van der Waals surface area contributed by atoms with Gasteiger partial charge in [-0.05, 0) is 12.8 Å². The summed E-state index contributed by atoms with van der Waals surface area (Å²) < 4.78 is 0. The molecule has 1 aromatic heterocycles. The maximum absolute atomic E-state index is 8.71. The molecule has 1 fully saturated rings. The zero-order valence-electron chi connectivity index (χ0n) is 6.49. The van der Waals surface area contributed by atoms with Gasteiger partial charge < -0.3 is 5.73 Å². The smallest absolute Gasteiger partial charge is 0.164 e. The third kappa shape index (κ3) is 1.10. The number of nitrogens with two attached hydrogens (primary N) is 1. The highest BCUT2D eigenvalue weighted by Crippen LogP contribution is 2.39. The molecule has 1 aliphatic rings. The summed E-state index contributed by atoms with van der Waals surface area (Å²) in [6.07, 6.45) is 3.75. The second-order valence-corrected chi connectivity index (χ2v) is 2.91. The lowest BCUT2D eigenvalue weighted by molar-refractivity contribution is 0.975. The van der Waals surface area contributed by atoms with E-state index in [4.69, 9.17) is 11.0 Å². The summed E-state index contributed by atoms with van der Waals surface area (Å²) in [7, 11) is 0. The number of aromatic nitrogens is 2. The van der Waals surface area contributed by atoms with Gasteiger partial charge in [0, 0.05) is 5.92 Å². The summed E-state index contributed by atoms with van der Waals surface area (Å²) in [5.74, 6) is 0.767. The van der Waals surface area contributed by atoms with Crippen LogP contribution in [0, 0.1) is 11.3 Å². The number of nitrogen functional groups attached to an aromatic ring is 1. The fourth-order valence-electron chi connectivity index (χ4n) is 1.15. The SMILES string of the molecule is N#Cc1nc(N)cnc1C1CC1. The first-order valence-electron chi connectivity index (χ1n) is 3.84. The summed E-state index contributed by atoms with van der Waals surface area (Å²) >= 11 is 0. The Labute approximate surface area is 70.1 Å². The number of anilines is 1. The van der Waals surface area contributed by atoms with E-state index in [9.17, 15) is 0 Å². The minimum absolute atomic E-state index is 0.316. The Balaban J connectivity index is 2.47. The predicted molar refractivity (Wildman–Crippen MR) is 43.1 cm³/mol. The fourth-order valence-corrected chi connectivity index (χ4v) is 1.15. The van der Waals surface area contributed by atoms with Gasteiger partial charge in [0.05, 0.1) is 11.9 Å². The number of rotatable bonds is 1. The zero-order valence-corrected chi connectivity index (χ0v) is 6.49. The molecule has 0 atom stereocenters. The van der Waals surface area contributed by atoms with Crippen LogP contribution >= 0.6 is 0 Å². The van der Waals surface area contributed by atoms with Crippen LogP contribution in [0.15, 0.2) is 6.20 Å². The molecule has 0 amide bonds. The molecule has 1 heterocycles. The third-order valence-corrected chi connectivity index (χ3v) is 1.89. The second kappa shape index (κ2) is 2.45. The lowest BCUT2D eigenvalue weighted by Gasteiger charge is -1.99. The van der Waals surface area contributed by atoms with E-state index >= 15 is 0 Å². The molecule has 0 saturated heterocycles. The third-order valence-electron chi connectivity index (χ3n) is 1.89. The van der Waals surface area contributed by atoms with Crippen molar-refractivity contribution < 1.29 is 0 Å². The molecule has 1 aliphatic carbocycles. The molecular weight excluding hydrogens is 152 g/mol. The molecule has 4 heteroatoms. The minimum atomic E-state index is 0.316. The van der Waals surface area contributed by atoms with Gasteiger partial charge in [-0.1, -0.05) is 0 Å². The van der Waals surface area contributed by atoms with Crippen LogP contribution in [-0.2, 0) is 0 Å². The van der Waals surface area contributed by atoms with E-state index in [2.05, 4.69) is 9.97 Å². The highest BCUT2D eigenvalue weighted by molar-refractivity contribution is 5.37. The Morgan fingerprint density at radius 2 is 2.33 bits per heavy atom. The Bertz CT molecular complexity index is 349. The highest BCUT2D eigenvalue weighted by Gasteiger charge is 2.28. The lowest BCUT2D eigenvalue weighted by atomic mass is 10.2. The van der Waals surface area contributed by atoms with Crippen LogP contribution in [0.25, 0.3) is 0 Å². The van der Waals surface area contributed by atoms with E-state index in [1.165, 1.54) is 6.20 Å². The first kappa shape index (κ1) is 7.04. The topological polar surface area (TPSA) is 75.6 Å².